The van der Waals surface area contributed by atoms with Crippen LogP contribution in [0.1, 0.15) is 18.6 Å². The first kappa shape index (κ1) is 16.5. The Kier molecular flexibility index (Phi) is 4.90. The largest absolute Gasteiger partial charge is 0.387 e. The van der Waals surface area contributed by atoms with Crippen molar-refractivity contribution in [2.45, 2.75) is 24.0 Å². The van der Waals surface area contributed by atoms with Gasteiger partial charge in [0, 0.05) is 6.04 Å². The minimum atomic E-state index is -3.81. The molecule has 0 aliphatic rings. The van der Waals surface area contributed by atoms with E-state index in [9.17, 15) is 22.3 Å². The van der Waals surface area contributed by atoms with Crippen LogP contribution in [0.5, 0.6) is 0 Å². The molecule has 7 heteroatoms. The van der Waals surface area contributed by atoms with Crippen LogP contribution in [0, 0.1) is 11.6 Å². The third kappa shape index (κ3) is 3.68. The Morgan fingerprint density at radius 3 is 2.27 bits per heavy atom. The van der Waals surface area contributed by atoms with Crippen LogP contribution in [0.4, 0.5) is 8.78 Å². The third-order valence-corrected chi connectivity index (χ3v) is 4.73. The van der Waals surface area contributed by atoms with E-state index in [2.05, 4.69) is 4.72 Å². The highest BCUT2D eigenvalue weighted by Gasteiger charge is 2.24. The maximum absolute atomic E-state index is 13.2. The van der Waals surface area contributed by atoms with E-state index >= 15 is 0 Å². The molecule has 0 saturated carbocycles. The SMILES string of the molecule is CC(NS(=O)(=O)c1ccccc1)C(O)c1ccc(F)c(F)c1. The first-order valence-electron chi connectivity index (χ1n) is 6.51. The second-order valence-electron chi connectivity index (χ2n) is 4.84. The molecule has 118 valence electrons. The van der Waals surface area contributed by atoms with Gasteiger partial charge in [-0.1, -0.05) is 24.3 Å². The van der Waals surface area contributed by atoms with Gasteiger partial charge in [-0.2, -0.15) is 0 Å². The van der Waals surface area contributed by atoms with Crippen molar-refractivity contribution in [3.8, 4) is 0 Å². The smallest absolute Gasteiger partial charge is 0.240 e. The molecule has 0 spiro atoms. The lowest BCUT2D eigenvalue weighted by Gasteiger charge is -2.20. The summed E-state index contributed by atoms with van der Waals surface area (Å²) < 4.78 is 52.7. The number of aliphatic hydroxyl groups excluding tert-OH is 1. The predicted octanol–water partition coefficient (Wildman–Crippen LogP) is 2.37. The van der Waals surface area contributed by atoms with Crippen LogP contribution >= 0.6 is 0 Å². The summed E-state index contributed by atoms with van der Waals surface area (Å²) in [6.07, 6.45) is -1.31. The number of halogens is 2. The van der Waals surface area contributed by atoms with Gasteiger partial charge in [0.1, 0.15) is 0 Å². The number of benzene rings is 2. The van der Waals surface area contributed by atoms with Crippen LogP contribution in [0.25, 0.3) is 0 Å². The molecule has 22 heavy (non-hydrogen) atoms. The molecule has 2 rings (SSSR count). The van der Waals surface area contributed by atoms with Crippen LogP contribution in [-0.2, 0) is 10.0 Å². The molecule has 2 unspecified atom stereocenters. The summed E-state index contributed by atoms with van der Waals surface area (Å²) in [5, 5.41) is 10.1. The lowest BCUT2D eigenvalue weighted by atomic mass is 10.0. The van der Waals surface area contributed by atoms with E-state index in [0.29, 0.717) is 0 Å². The fourth-order valence-corrected chi connectivity index (χ4v) is 3.23. The number of hydrogen-bond acceptors (Lipinski definition) is 3. The molecule has 0 heterocycles. The van der Waals surface area contributed by atoms with Gasteiger partial charge in [0.25, 0.3) is 0 Å². The van der Waals surface area contributed by atoms with Crippen LogP contribution < -0.4 is 4.72 Å². The number of sulfonamides is 1. The Morgan fingerprint density at radius 1 is 1.05 bits per heavy atom. The summed E-state index contributed by atoms with van der Waals surface area (Å²) in [6, 6.07) is 9.66. The second kappa shape index (κ2) is 6.51. The Bertz CT molecular complexity index is 751. The van der Waals surface area contributed by atoms with Crippen molar-refractivity contribution in [1.29, 1.82) is 0 Å². The van der Waals surface area contributed by atoms with E-state index < -0.39 is 33.8 Å². The maximum Gasteiger partial charge on any atom is 0.240 e. The lowest BCUT2D eigenvalue weighted by molar-refractivity contribution is 0.146. The molecule has 0 amide bonds. The molecule has 0 radical (unpaired) electrons. The molecule has 0 aliphatic heterocycles. The standard InChI is InChI=1S/C15H15F2NO3S/c1-10(15(19)11-7-8-13(16)14(17)9-11)18-22(20,21)12-5-3-2-4-6-12/h2-10,15,18-19H,1H3. The predicted molar refractivity (Wildman–Crippen MR) is 77.5 cm³/mol. The van der Waals surface area contributed by atoms with Gasteiger partial charge < -0.3 is 5.11 Å². The van der Waals surface area contributed by atoms with Gasteiger partial charge >= 0.3 is 0 Å². The van der Waals surface area contributed by atoms with E-state index in [4.69, 9.17) is 0 Å². The molecule has 0 saturated heterocycles. The first-order chi connectivity index (χ1) is 10.3. The fourth-order valence-electron chi connectivity index (χ4n) is 1.96. The Hall–Kier alpha value is -1.83. The highest BCUT2D eigenvalue weighted by atomic mass is 32.2. The van der Waals surface area contributed by atoms with Gasteiger partial charge in [-0.3, -0.25) is 0 Å². The van der Waals surface area contributed by atoms with Crippen molar-refractivity contribution in [3.05, 3.63) is 65.7 Å². The van der Waals surface area contributed by atoms with Crippen molar-refractivity contribution in [2.24, 2.45) is 0 Å². The van der Waals surface area contributed by atoms with Crippen LogP contribution in [0.3, 0.4) is 0 Å². The zero-order valence-electron chi connectivity index (χ0n) is 11.7. The van der Waals surface area contributed by atoms with E-state index in [1.165, 1.54) is 25.1 Å². The van der Waals surface area contributed by atoms with Crippen LogP contribution in [0.2, 0.25) is 0 Å². The van der Waals surface area contributed by atoms with Gasteiger partial charge in [-0.25, -0.2) is 21.9 Å². The molecule has 2 atom stereocenters. The van der Waals surface area contributed by atoms with Gasteiger partial charge in [-0.05, 0) is 36.8 Å². The van der Waals surface area contributed by atoms with Crippen LogP contribution in [0.15, 0.2) is 53.4 Å². The third-order valence-electron chi connectivity index (χ3n) is 3.15. The maximum atomic E-state index is 13.2. The molecule has 0 aromatic heterocycles. The fraction of sp³-hybridized carbons (Fsp3) is 0.200. The minimum Gasteiger partial charge on any atom is -0.387 e. The second-order valence-corrected chi connectivity index (χ2v) is 6.56. The van der Waals surface area contributed by atoms with Crippen molar-refractivity contribution in [1.82, 2.24) is 4.72 Å². The van der Waals surface area contributed by atoms with Crippen molar-refractivity contribution in [3.63, 3.8) is 0 Å². The Balaban J connectivity index is 2.17. The molecule has 0 bridgehead atoms. The van der Waals surface area contributed by atoms with E-state index in [0.717, 1.165) is 12.1 Å². The topological polar surface area (TPSA) is 66.4 Å². The molecular formula is C15H15F2NO3S. The molecular weight excluding hydrogens is 312 g/mol. The monoisotopic (exact) mass is 327 g/mol. The van der Waals surface area contributed by atoms with Gasteiger partial charge in [-0.15, -0.1) is 0 Å². The molecule has 0 aliphatic carbocycles. The number of nitrogens with one attached hydrogen (secondary N) is 1. The summed E-state index contributed by atoms with van der Waals surface area (Å²) in [5.74, 6) is -2.14. The van der Waals surface area contributed by atoms with Crippen molar-refractivity contribution in [2.75, 3.05) is 0 Å². The highest BCUT2D eigenvalue weighted by Crippen LogP contribution is 2.20. The highest BCUT2D eigenvalue weighted by molar-refractivity contribution is 7.89. The summed E-state index contributed by atoms with van der Waals surface area (Å²) in [5.41, 5.74) is 0.0853. The molecule has 2 N–H and O–H groups in total. The van der Waals surface area contributed by atoms with E-state index in [1.807, 2.05) is 0 Å². The summed E-state index contributed by atoms with van der Waals surface area (Å²) in [7, 11) is -3.81. The number of aliphatic hydroxyl groups is 1. The van der Waals surface area contributed by atoms with Gasteiger partial charge in [0.2, 0.25) is 10.0 Å². The Labute approximate surface area is 127 Å². The average molecular weight is 327 g/mol. The summed E-state index contributed by atoms with van der Waals surface area (Å²) in [4.78, 5) is 0.0549. The Morgan fingerprint density at radius 2 is 1.68 bits per heavy atom. The zero-order valence-corrected chi connectivity index (χ0v) is 12.5. The molecule has 4 nitrogen and oxygen atoms in total. The molecule has 0 fully saturated rings. The lowest BCUT2D eigenvalue weighted by Crippen LogP contribution is -2.37. The van der Waals surface area contributed by atoms with Gasteiger partial charge in [0.05, 0.1) is 11.0 Å². The van der Waals surface area contributed by atoms with Crippen LogP contribution in [-0.4, -0.2) is 19.6 Å². The normalized spacial score (nSPS) is 14.5. The van der Waals surface area contributed by atoms with E-state index in [1.54, 1.807) is 18.2 Å². The number of rotatable bonds is 5. The molecule has 2 aromatic carbocycles. The summed E-state index contributed by atoms with van der Waals surface area (Å²) in [6.45, 7) is 1.44. The minimum absolute atomic E-state index is 0.0549. The van der Waals surface area contributed by atoms with Crippen molar-refractivity contribution < 1.29 is 22.3 Å². The number of hydrogen-bond donors (Lipinski definition) is 2. The van der Waals surface area contributed by atoms with Gasteiger partial charge in [0.15, 0.2) is 11.6 Å². The van der Waals surface area contributed by atoms with Crippen molar-refractivity contribution >= 4 is 10.0 Å². The average Bonchev–Trinajstić information content (AvgIpc) is 2.49. The first-order valence-corrected chi connectivity index (χ1v) is 8.00. The molecule has 2 aromatic rings. The van der Waals surface area contributed by atoms with E-state index in [-0.39, 0.29) is 10.5 Å². The summed E-state index contributed by atoms with van der Waals surface area (Å²) >= 11 is 0. The zero-order chi connectivity index (χ0) is 16.3. The quantitative estimate of drug-likeness (QED) is 0.886.